The minimum Gasteiger partial charge on any atom is -0.360 e. The second-order valence-corrected chi connectivity index (χ2v) is 8.54. The largest absolute Gasteiger partial charge is 0.360 e. The molecule has 122 valence electrons. The van der Waals surface area contributed by atoms with Gasteiger partial charge >= 0.3 is 0 Å². The third kappa shape index (κ3) is 4.43. The van der Waals surface area contributed by atoms with Gasteiger partial charge in [0, 0.05) is 18.5 Å². The third-order valence-electron chi connectivity index (χ3n) is 5.55. The number of thiocarbonyl (C=S) groups is 1. The first kappa shape index (κ1) is 17.2. The van der Waals surface area contributed by atoms with Crippen molar-refractivity contribution < 1.29 is 0 Å². The minimum absolute atomic E-state index is 0.575. The summed E-state index contributed by atoms with van der Waals surface area (Å²) < 4.78 is 0. The van der Waals surface area contributed by atoms with Crippen molar-refractivity contribution in [3.8, 4) is 0 Å². The second kappa shape index (κ2) is 7.94. The molecule has 0 bridgehead atoms. The quantitative estimate of drug-likeness (QED) is 0.604. The highest BCUT2D eigenvalue weighted by atomic mass is 32.1. The summed E-state index contributed by atoms with van der Waals surface area (Å²) in [5, 5.41) is 0. The van der Waals surface area contributed by atoms with Crippen LogP contribution < -0.4 is 0 Å². The van der Waals surface area contributed by atoms with Gasteiger partial charge in [-0.15, -0.1) is 0 Å². The summed E-state index contributed by atoms with van der Waals surface area (Å²) in [6, 6.07) is 1.30. The number of likely N-dealkylation sites (tertiary alicyclic amines) is 1. The van der Waals surface area contributed by atoms with Gasteiger partial charge in [0.2, 0.25) is 0 Å². The molecule has 0 spiro atoms. The van der Waals surface area contributed by atoms with E-state index in [1.807, 2.05) is 0 Å². The lowest BCUT2D eigenvalue weighted by atomic mass is 9.72. The van der Waals surface area contributed by atoms with Crippen LogP contribution in [0.4, 0.5) is 0 Å². The number of fused-ring (bicyclic) bond motifs is 1. The van der Waals surface area contributed by atoms with Crippen LogP contribution in [-0.4, -0.2) is 22.0 Å². The van der Waals surface area contributed by atoms with Gasteiger partial charge in [0.1, 0.15) is 0 Å². The van der Waals surface area contributed by atoms with E-state index in [0.29, 0.717) is 6.04 Å². The molecular formula is C19H35NS. The molecule has 2 aliphatic rings. The van der Waals surface area contributed by atoms with Gasteiger partial charge in [0.25, 0.3) is 0 Å². The first-order chi connectivity index (χ1) is 10.0. The highest BCUT2D eigenvalue weighted by molar-refractivity contribution is 7.80. The molecular weight excluding hydrogens is 274 g/mol. The highest BCUT2D eigenvalue weighted by Gasteiger charge is 2.40. The van der Waals surface area contributed by atoms with Crippen molar-refractivity contribution in [1.82, 2.24) is 4.90 Å². The van der Waals surface area contributed by atoms with E-state index in [9.17, 15) is 0 Å². The lowest BCUT2D eigenvalue weighted by Gasteiger charge is -2.50. The third-order valence-corrected chi connectivity index (χ3v) is 5.93. The minimum atomic E-state index is 0.575. The summed E-state index contributed by atoms with van der Waals surface area (Å²) >= 11 is 5.84. The van der Waals surface area contributed by atoms with Crippen molar-refractivity contribution >= 4 is 17.2 Å². The Morgan fingerprint density at radius 1 is 1.00 bits per heavy atom. The molecule has 2 fully saturated rings. The standard InChI is InChI=1S/C19H35NS/c1-14(2)12-16-13-19(21)20(15(3)4)18-11-9-7-5-6-8-10-17(16)18/h14-18H,5-13H2,1-4H3. The van der Waals surface area contributed by atoms with Crippen molar-refractivity contribution in [3.63, 3.8) is 0 Å². The first-order valence-electron chi connectivity index (χ1n) is 9.31. The number of piperidine rings is 1. The molecule has 3 atom stereocenters. The van der Waals surface area contributed by atoms with Crippen LogP contribution in [-0.2, 0) is 0 Å². The Bertz CT molecular complexity index is 336. The average molecular weight is 310 g/mol. The lowest BCUT2D eigenvalue weighted by molar-refractivity contribution is 0.0901. The van der Waals surface area contributed by atoms with E-state index in [-0.39, 0.29) is 0 Å². The van der Waals surface area contributed by atoms with E-state index in [4.69, 9.17) is 12.2 Å². The lowest BCUT2D eigenvalue weighted by Crippen LogP contribution is -2.54. The highest BCUT2D eigenvalue weighted by Crippen LogP contribution is 2.41. The van der Waals surface area contributed by atoms with E-state index in [2.05, 4.69) is 32.6 Å². The summed E-state index contributed by atoms with van der Waals surface area (Å²) in [6.45, 7) is 9.42. The second-order valence-electron chi connectivity index (χ2n) is 8.06. The molecule has 21 heavy (non-hydrogen) atoms. The van der Waals surface area contributed by atoms with E-state index < -0.39 is 0 Å². The van der Waals surface area contributed by atoms with Gasteiger partial charge in [-0.3, -0.25) is 0 Å². The van der Waals surface area contributed by atoms with Gasteiger partial charge in [-0.05, 0) is 50.9 Å². The molecule has 1 aliphatic carbocycles. The summed E-state index contributed by atoms with van der Waals surface area (Å²) in [5.74, 6) is 2.53. The van der Waals surface area contributed by atoms with Gasteiger partial charge in [-0.25, -0.2) is 0 Å². The van der Waals surface area contributed by atoms with Crippen molar-refractivity contribution in [2.45, 2.75) is 97.6 Å². The Kier molecular flexibility index (Phi) is 6.52. The maximum Gasteiger partial charge on any atom is 0.0787 e. The van der Waals surface area contributed by atoms with Crippen molar-refractivity contribution in [2.75, 3.05) is 0 Å². The molecule has 2 rings (SSSR count). The monoisotopic (exact) mass is 309 g/mol. The van der Waals surface area contributed by atoms with Crippen LogP contribution in [0.25, 0.3) is 0 Å². The Morgan fingerprint density at radius 2 is 1.62 bits per heavy atom. The van der Waals surface area contributed by atoms with E-state index >= 15 is 0 Å². The first-order valence-corrected chi connectivity index (χ1v) is 9.72. The number of hydrogen-bond acceptors (Lipinski definition) is 1. The topological polar surface area (TPSA) is 3.24 Å². The van der Waals surface area contributed by atoms with Crippen LogP contribution in [0.15, 0.2) is 0 Å². The molecule has 1 heterocycles. The molecule has 0 N–H and O–H groups in total. The normalized spacial score (nSPS) is 31.8. The molecule has 2 heteroatoms. The number of rotatable bonds is 3. The molecule has 3 unspecified atom stereocenters. The van der Waals surface area contributed by atoms with Gasteiger partial charge in [-0.1, -0.05) is 58.2 Å². The zero-order valence-electron chi connectivity index (χ0n) is 14.6. The van der Waals surface area contributed by atoms with Crippen LogP contribution in [0.2, 0.25) is 0 Å². The van der Waals surface area contributed by atoms with Gasteiger partial charge in [-0.2, -0.15) is 0 Å². The molecule has 1 aliphatic heterocycles. The van der Waals surface area contributed by atoms with E-state index in [1.165, 1.54) is 62.8 Å². The van der Waals surface area contributed by atoms with E-state index in [1.54, 1.807) is 0 Å². The number of nitrogens with zero attached hydrogens (tertiary/aromatic N) is 1. The number of hydrogen-bond donors (Lipinski definition) is 0. The van der Waals surface area contributed by atoms with Crippen LogP contribution in [0.5, 0.6) is 0 Å². The molecule has 1 nitrogen and oxygen atoms in total. The Morgan fingerprint density at radius 3 is 2.24 bits per heavy atom. The van der Waals surface area contributed by atoms with Crippen LogP contribution in [0.3, 0.4) is 0 Å². The SMILES string of the molecule is CC(C)CC1CC(=S)N(C(C)C)C2CCCCCCCC12. The van der Waals surface area contributed by atoms with Crippen LogP contribution in [0, 0.1) is 17.8 Å². The van der Waals surface area contributed by atoms with Gasteiger partial charge in [0.15, 0.2) is 0 Å². The molecule has 0 amide bonds. The molecule has 1 saturated heterocycles. The summed E-state index contributed by atoms with van der Waals surface area (Å²) in [7, 11) is 0. The molecule has 1 saturated carbocycles. The maximum atomic E-state index is 5.84. The summed E-state index contributed by atoms with van der Waals surface area (Å²) in [4.78, 5) is 3.89. The summed E-state index contributed by atoms with van der Waals surface area (Å²) in [6.07, 6.45) is 12.5. The fourth-order valence-corrected chi connectivity index (χ4v) is 5.33. The average Bonchev–Trinajstić information content (AvgIpc) is 2.49. The molecule has 0 aromatic carbocycles. The smallest absolute Gasteiger partial charge is 0.0787 e. The van der Waals surface area contributed by atoms with E-state index in [0.717, 1.165) is 23.8 Å². The predicted octanol–water partition coefficient (Wildman–Crippen LogP) is 5.82. The van der Waals surface area contributed by atoms with Gasteiger partial charge < -0.3 is 4.90 Å². The van der Waals surface area contributed by atoms with Crippen LogP contribution in [0.1, 0.15) is 85.5 Å². The molecule has 0 aromatic rings. The molecule has 0 aromatic heterocycles. The summed E-state index contributed by atoms with van der Waals surface area (Å²) in [5.41, 5.74) is 0. The Hall–Kier alpha value is -0.110. The Balaban J connectivity index is 2.21. The van der Waals surface area contributed by atoms with Crippen LogP contribution >= 0.6 is 12.2 Å². The molecule has 0 radical (unpaired) electrons. The fraction of sp³-hybridized carbons (Fsp3) is 0.947. The van der Waals surface area contributed by atoms with Gasteiger partial charge in [0.05, 0.1) is 4.99 Å². The fourth-order valence-electron chi connectivity index (χ4n) is 4.77. The predicted molar refractivity (Wildman–Crippen MR) is 96.7 cm³/mol. The zero-order valence-corrected chi connectivity index (χ0v) is 15.4. The zero-order chi connectivity index (χ0) is 15.4. The maximum absolute atomic E-state index is 5.84. The van der Waals surface area contributed by atoms with Crippen molar-refractivity contribution in [3.05, 3.63) is 0 Å². The Labute approximate surface area is 137 Å². The van der Waals surface area contributed by atoms with Crippen molar-refractivity contribution in [2.24, 2.45) is 17.8 Å². The van der Waals surface area contributed by atoms with Crippen molar-refractivity contribution in [1.29, 1.82) is 0 Å².